The highest BCUT2D eigenvalue weighted by atomic mass is 16.5. The van der Waals surface area contributed by atoms with Crippen LogP contribution >= 0.6 is 0 Å². The van der Waals surface area contributed by atoms with E-state index in [0.29, 0.717) is 0 Å². The lowest BCUT2D eigenvalue weighted by Crippen LogP contribution is -2.26. The van der Waals surface area contributed by atoms with Crippen molar-refractivity contribution in [3.63, 3.8) is 0 Å². The molecule has 0 radical (unpaired) electrons. The zero-order chi connectivity index (χ0) is 11.5. The SMILES string of the molecule is CCC(C)CN(C)CCCOCCCN. The molecule has 0 saturated carbocycles. The van der Waals surface area contributed by atoms with Crippen LogP contribution in [-0.2, 0) is 4.74 Å². The molecule has 0 aromatic heterocycles. The monoisotopic (exact) mass is 216 g/mol. The molecule has 0 heterocycles. The summed E-state index contributed by atoms with van der Waals surface area (Å²) >= 11 is 0. The van der Waals surface area contributed by atoms with Crippen LogP contribution in [0.4, 0.5) is 0 Å². The lowest BCUT2D eigenvalue weighted by atomic mass is 10.1. The molecule has 0 fully saturated rings. The van der Waals surface area contributed by atoms with Crippen molar-refractivity contribution in [2.45, 2.75) is 33.1 Å². The third-order valence-corrected chi connectivity index (χ3v) is 2.64. The summed E-state index contributed by atoms with van der Waals surface area (Å²) in [5, 5.41) is 0. The van der Waals surface area contributed by atoms with Crippen LogP contribution in [0.25, 0.3) is 0 Å². The molecule has 0 aliphatic rings. The zero-order valence-corrected chi connectivity index (χ0v) is 10.7. The zero-order valence-electron chi connectivity index (χ0n) is 10.7. The molecule has 92 valence electrons. The summed E-state index contributed by atoms with van der Waals surface area (Å²) in [4.78, 5) is 2.39. The molecule has 3 heteroatoms. The molecule has 1 atom stereocenters. The van der Waals surface area contributed by atoms with E-state index in [1.54, 1.807) is 0 Å². The van der Waals surface area contributed by atoms with E-state index >= 15 is 0 Å². The normalized spacial score (nSPS) is 13.4. The van der Waals surface area contributed by atoms with Crippen molar-refractivity contribution >= 4 is 0 Å². The van der Waals surface area contributed by atoms with E-state index in [1.165, 1.54) is 13.0 Å². The Bertz CT molecular complexity index is 131. The average molecular weight is 216 g/mol. The Hall–Kier alpha value is -0.120. The summed E-state index contributed by atoms with van der Waals surface area (Å²) in [6, 6.07) is 0. The van der Waals surface area contributed by atoms with Gasteiger partial charge in [-0.3, -0.25) is 0 Å². The molecule has 2 N–H and O–H groups in total. The van der Waals surface area contributed by atoms with E-state index in [2.05, 4.69) is 25.8 Å². The molecule has 0 spiro atoms. The number of nitrogens with zero attached hydrogens (tertiary/aromatic N) is 1. The molecular formula is C12H28N2O. The molecule has 0 rings (SSSR count). The summed E-state index contributed by atoms with van der Waals surface area (Å²) in [6.07, 6.45) is 3.36. The Morgan fingerprint density at radius 2 is 1.93 bits per heavy atom. The van der Waals surface area contributed by atoms with Crippen molar-refractivity contribution in [1.82, 2.24) is 4.90 Å². The van der Waals surface area contributed by atoms with Gasteiger partial charge in [0.15, 0.2) is 0 Å². The van der Waals surface area contributed by atoms with Crippen LogP contribution in [0.15, 0.2) is 0 Å². The Morgan fingerprint density at radius 3 is 2.53 bits per heavy atom. The third-order valence-electron chi connectivity index (χ3n) is 2.64. The minimum absolute atomic E-state index is 0.730. The first kappa shape index (κ1) is 14.9. The van der Waals surface area contributed by atoms with Crippen LogP contribution in [0.1, 0.15) is 33.1 Å². The van der Waals surface area contributed by atoms with Gasteiger partial charge in [0.1, 0.15) is 0 Å². The third kappa shape index (κ3) is 10.2. The van der Waals surface area contributed by atoms with Crippen LogP contribution in [0.2, 0.25) is 0 Å². The Balaban J connectivity index is 3.20. The van der Waals surface area contributed by atoms with Crippen LogP contribution in [0.3, 0.4) is 0 Å². The van der Waals surface area contributed by atoms with E-state index in [0.717, 1.165) is 45.1 Å². The van der Waals surface area contributed by atoms with E-state index in [-0.39, 0.29) is 0 Å². The minimum Gasteiger partial charge on any atom is -0.381 e. The van der Waals surface area contributed by atoms with Crippen molar-refractivity contribution < 1.29 is 4.74 Å². The Morgan fingerprint density at radius 1 is 1.27 bits per heavy atom. The highest BCUT2D eigenvalue weighted by Crippen LogP contribution is 2.02. The van der Waals surface area contributed by atoms with Gasteiger partial charge in [0.25, 0.3) is 0 Å². The molecule has 15 heavy (non-hydrogen) atoms. The lowest BCUT2D eigenvalue weighted by Gasteiger charge is -2.20. The van der Waals surface area contributed by atoms with Gasteiger partial charge >= 0.3 is 0 Å². The number of hydrogen-bond acceptors (Lipinski definition) is 3. The van der Waals surface area contributed by atoms with E-state index in [9.17, 15) is 0 Å². The van der Waals surface area contributed by atoms with Gasteiger partial charge in [-0.25, -0.2) is 0 Å². The van der Waals surface area contributed by atoms with Crippen molar-refractivity contribution in [2.75, 3.05) is 39.9 Å². The standard InChI is InChI=1S/C12H28N2O/c1-4-12(2)11-14(3)8-6-10-15-9-5-7-13/h12H,4-11,13H2,1-3H3. The fourth-order valence-electron chi connectivity index (χ4n) is 1.48. The highest BCUT2D eigenvalue weighted by molar-refractivity contribution is 4.57. The van der Waals surface area contributed by atoms with Crippen molar-refractivity contribution in [3.8, 4) is 0 Å². The predicted molar refractivity (Wildman–Crippen MR) is 66.1 cm³/mol. The molecule has 0 aromatic rings. The maximum Gasteiger partial charge on any atom is 0.0478 e. The first-order valence-electron chi connectivity index (χ1n) is 6.17. The van der Waals surface area contributed by atoms with Gasteiger partial charge in [-0.15, -0.1) is 0 Å². The first-order valence-corrected chi connectivity index (χ1v) is 6.17. The smallest absolute Gasteiger partial charge is 0.0478 e. The summed E-state index contributed by atoms with van der Waals surface area (Å²) < 4.78 is 5.45. The second kappa shape index (κ2) is 10.4. The topological polar surface area (TPSA) is 38.5 Å². The van der Waals surface area contributed by atoms with Gasteiger partial charge in [0.2, 0.25) is 0 Å². The summed E-state index contributed by atoms with van der Waals surface area (Å²) in [6.45, 7) is 9.28. The Kier molecular flexibility index (Phi) is 10.3. The van der Waals surface area contributed by atoms with Gasteiger partial charge < -0.3 is 15.4 Å². The van der Waals surface area contributed by atoms with Gasteiger partial charge in [0.05, 0.1) is 0 Å². The largest absolute Gasteiger partial charge is 0.381 e. The van der Waals surface area contributed by atoms with Gasteiger partial charge in [-0.1, -0.05) is 20.3 Å². The molecule has 1 unspecified atom stereocenters. The van der Waals surface area contributed by atoms with Gasteiger partial charge in [-0.05, 0) is 32.4 Å². The molecular weight excluding hydrogens is 188 g/mol. The van der Waals surface area contributed by atoms with E-state index < -0.39 is 0 Å². The summed E-state index contributed by atoms with van der Waals surface area (Å²) in [7, 11) is 2.19. The van der Waals surface area contributed by atoms with E-state index in [4.69, 9.17) is 10.5 Å². The second-order valence-electron chi connectivity index (χ2n) is 4.38. The summed E-state index contributed by atoms with van der Waals surface area (Å²) in [5.74, 6) is 0.799. The summed E-state index contributed by atoms with van der Waals surface area (Å²) in [5.41, 5.74) is 5.37. The quantitative estimate of drug-likeness (QED) is 0.565. The van der Waals surface area contributed by atoms with Crippen LogP contribution in [0, 0.1) is 5.92 Å². The molecule has 0 aliphatic heterocycles. The van der Waals surface area contributed by atoms with Crippen molar-refractivity contribution in [1.29, 1.82) is 0 Å². The molecule has 0 bridgehead atoms. The number of nitrogens with two attached hydrogens (primary N) is 1. The predicted octanol–water partition coefficient (Wildman–Crippen LogP) is 1.72. The van der Waals surface area contributed by atoms with Gasteiger partial charge in [-0.2, -0.15) is 0 Å². The van der Waals surface area contributed by atoms with E-state index in [1.807, 2.05) is 0 Å². The van der Waals surface area contributed by atoms with Crippen LogP contribution < -0.4 is 5.73 Å². The molecule has 0 aromatic carbocycles. The lowest BCUT2D eigenvalue weighted by molar-refractivity contribution is 0.121. The molecule has 0 aliphatic carbocycles. The van der Waals surface area contributed by atoms with Crippen molar-refractivity contribution in [3.05, 3.63) is 0 Å². The first-order chi connectivity index (χ1) is 7.20. The Labute approximate surface area is 95.0 Å². The van der Waals surface area contributed by atoms with Crippen LogP contribution in [-0.4, -0.2) is 44.8 Å². The second-order valence-corrected chi connectivity index (χ2v) is 4.38. The average Bonchev–Trinajstić information content (AvgIpc) is 2.23. The van der Waals surface area contributed by atoms with Gasteiger partial charge in [0, 0.05) is 26.3 Å². The molecule has 3 nitrogen and oxygen atoms in total. The number of rotatable bonds is 10. The van der Waals surface area contributed by atoms with Crippen LogP contribution in [0.5, 0.6) is 0 Å². The number of ether oxygens (including phenoxy) is 1. The molecule has 0 saturated heterocycles. The van der Waals surface area contributed by atoms with Crippen molar-refractivity contribution in [2.24, 2.45) is 11.7 Å². The maximum absolute atomic E-state index is 5.45. The fourth-order valence-corrected chi connectivity index (χ4v) is 1.48. The minimum atomic E-state index is 0.730. The fraction of sp³-hybridized carbons (Fsp3) is 1.00. The highest BCUT2D eigenvalue weighted by Gasteiger charge is 2.03. The molecule has 0 amide bonds. The number of hydrogen-bond donors (Lipinski definition) is 1. The maximum atomic E-state index is 5.45.